The van der Waals surface area contributed by atoms with Gasteiger partial charge in [-0.2, -0.15) is 0 Å². The van der Waals surface area contributed by atoms with Crippen LogP contribution in [0.25, 0.3) is 17.0 Å². The quantitative estimate of drug-likeness (QED) is 0.281. The van der Waals surface area contributed by atoms with E-state index in [-0.39, 0.29) is 11.3 Å². The molecule has 0 spiro atoms. The lowest BCUT2D eigenvalue weighted by atomic mass is 10.1. The molecular weight excluding hydrogens is 416 g/mol. The number of ether oxygens (including phenoxy) is 2. The molecule has 0 saturated heterocycles. The highest BCUT2D eigenvalue weighted by molar-refractivity contribution is 7.99. The van der Waals surface area contributed by atoms with E-state index in [1.807, 2.05) is 38.1 Å². The molecule has 158 valence electrons. The van der Waals surface area contributed by atoms with E-state index in [4.69, 9.17) is 9.47 Å². The minimum absolute atomic E-state index is 0.0156. The first kappa shape index (κ1) is 20.7. The van der Waals surface area contributed by atoms with Crippen LogP contribution in [0.5, 0.6) is 11.5 Å². The molecule has 0 fully saturated rings. The second-order valence-corrected chi connectivity index (χ2v) is 7.85. The van der Waals surface area contributed by atoms with Crippen LogP contribution >= 0.6 is 11.8 Å². The summed E-state index contributed by atoms with van der Waals surface area (Å²) >= 11 is 1.16. The molecule has 31 heavy (non-hydrogen) atoms. The summed E-state index contributed by atoms with van der Waals surface area (Å²) in [6, 6.07) is 14.3. The van der Waals surface area contributed by atoms with Crippen LogP contribution in [0.2, 0.25) is 0 Å². The Bertz CT molecular complexity index is 1310. The first-order chi connectivity index (χ1) is 14.9. The molecule has 0 radical (unpaired) electrons. The van der Waals surface area contributed by atoms with Crippen molar-refractivity contribution in [1.82, 2.24) is 19.6 Å². The second-order valence-electron chi connectivity index (χ2n) is 6.90. The van der Waals surface area contributed by atoms with E-state index >= 15 is 0 Å². The Balaban J connectivity index is 1.58. The van der Waals surface area contributed by atoms with Crippen LogP contribution in [0.4, 0.5) is 0 Å². The van der Waals surface area contributed by atoms with Crippen molar-refractivity contribution in [3.8, 4) is 22.9 Å². The van der Waals surface area contributed by atoms with E-state index in [1.165, 1.54) is 10.6 Å². The number of hydrogen-bond acceptors (Lipinski definition) is 7. The van der Waals surface area contributed by atoms with Gasteiger partial charge in [0.05, 0.1) is 12.9 Å². The number of methoxy groups -OCH3 is 1. The number of thioether (sulfide) groups is 1. The molecule has 4 rings (SSSR count). The van der Waals surface area contributed by atoms with Gasteiger partial charge in [-0.3, -0.25) is 14.7 Å². The molecule has 0 unspecified atom stereocenters. The maximum Gasteiger partial charge on any atom is 0.321 e. The summed E-state index contributed by atoms with van der Waals surface area (Å²) in [5, 5.41) is 3.08. The van der Waals surface area contributed by atoms with Gasteiger partial charge in [-0.15, -0.1) is 0 Å². The smallest absolute Gasteiger partial charge is 0.321 e. The summed E-state index contributed by atoms with van der Waals surface area (Å²) in [6.07, 6.45) is 0. The third-order valence-corrected chi connectivity index (χ3v) is 5.46. The molecule has 0 amide bonds. The summed E-state index contributed by atoms with van der Waals surface area (Å²) in [6.45, 7) is 3.87. The lowest BCUT2D eigenvalue weighted by molar-refractivity contribution is -0.131. The Morgan fingerprint density at radius 3 is 2.58 bits per heavy atom. The van der Waals surface area contributed by atoms with Gasteiger partial charge in [-0.1, -0.05) is 29.5 Å². The van der Waals surface area contributed by atoms with Crippen molar-refractivity contribution in [3.63, 3.8) is 0 Å². The van der Waals surface area contributed by atoms with Gasteiger partial charge >= 0.3 is 5.97 Å². The zero-order chi connectivity index (χ0) is 22.0. The zero-order valence-corrected chi connectivity index (χ0v) is 18.0. The molecule has 0 atom stereocenters. The fourth-order valence-corrected chi connectivity index (χ4v) is 3.76. The molecule has 0 aliphatic rings. The molecule has 0 aliphatic carbocycles. The Labute approximate surface area is 182 Å². The minimum Gasteiger partial charge on any atom is -0.497 e. The number of benzene rings is 2. The van der Waals surface area contributed by atoms with Crippen molar-refractivity contribution < 1.29 is 14.3 Å². The van der Waals surface area contributed by atoms with Crippen LogP contribution < -0.4 is 15.0 Å². The Morgan fingerprint density at radius 1 is 1.10 bits per heavy atom. The molecule has 2 aromatic carbocycles. The van der Waals surface area contributed by atoms with Crippen LogP contribution in [0.1, 0.15) is 11.1 Å². The van der Waals surface area contributed by atoms with Crippen LogP contribution in [0, 0.1) is 13.8 Å². The van der Waals surface area contributed by atoms with Crippen molar-refractivity contribution >= 4 is 23.4 Å². The van der Waals surface area contributed by atoms with Gasteiger partial charge in [0.2, 0.25) is 0 Å². The molecule has 9 heteroatoms. The second kappa shape index (κ2) is 8.65. The molecule has 0 saturated carbocycles. The molecule has 4 aromatic rings. The summed E-state index contributed by atoms with van der Waals surface area (Å²) in [5.41, 5.74) is 2.85. The van der Waals surface area contributed by atoms with Gasteiger partial charge in [-0.05, 0) is 49.7 Å². The van der Waals surface area contributed by atoms with Crippen LogP contribution in [0.15, 0.2) is 58.5 Å². The number of rotatable bonds is 6. The third kappa shape index (κ3) is 4.61. The average Bonchev–Trinajstić information content (AvgIpc) is 3.14. The van der Waals surface area contributed by atoms with E-state index in [2.05, 4.69) is 15.1 Å². The van der Waals surface area contributed by atoms with Crippen molar-refractivity contribution in [2.75, 3.05) is 12.9 Å². The van der Waals surface area contributed by atoms with Gasteiger partial charge in [0.15, 0.2) is 16.6 Å². The van der Waals surface area contributed by atoms with Crippen LogP contribution in [-0.2, 0) is 4.79 Å². The fraction of sp³-hybridized carbons (Fsp3) is 0.182. The van der Waals surface area contributed by atoms with E-state index in [9.17, 15) is 9.59 Å². The molecule has 0 bridgehead atoms. The summed E-state index contributed by atoms with van der Waals surface area (Å²) in [4.78, 5) is 33.3. The number of hydrogen-bond donors (Lipinski definition) is 1. The summed E-state index contributed by atoms with van der Waals surface area (Å²) in [7, 11) is 1.59. The highest BCUT2D eigenvalue weighted by Crippen LogP contribution is 2.24. The Morgan fingerprint density at radius 2 is 1.87 bits per heavy atom. The highest BCUT2D eigenvalue weighted by Gasteiger charge is 2.15. The number of nitrogens with one attached hydrogen (secondary N) is 1. The van der Waals surface area contributed by atoms with E-state index in [1.54, 1.807) is 25.3 Å². The van der Waals surface area contributed by atoms with Gasteiger partial charge in [-0.25, -0.2) is 14.5 Å². The highest BCUT2D eigenvalue weighted by atomic mass is 32.2. The van der Waals surface area contributed by atoms with E-state index in [0.717, 1.165) is 28.5 Å². The monoisotopic (exact) mass is 436 g/mol. The van der Waals surface area contributed by atoms with Gasteiger partial charge in [0.1, 0.15) is 11.5 Å². The van der Waals surface area contributed by atoms with Crippen molar-refractivity contribution in [1.29, 1.82) is 0 Å². The number of aromatic amines is 1. The fourth-order valence-electron chi connectivity index (χ4n) is 3.04. The topological polar surface area (TPSA) is 98.6 Å². The number of carbonyl (C=O) groups excluding carboxylic acids is 1. The summed E-state index contributed by atoms with van der Waals surface area (Å²) in [5.74, 6) is 1.28. The maximum absolute atomic E-state index is 12.4. The average molecular weight is 436 g/mol. The number of nitrogens with zero attached hydrogens (tertiary/aromatic N) is 3. The Kier molecular flexibility index (Phi) is 5.77. The first-order valence-electron chi connectivity index (χ1n) is 9.48. The van der Waals surface area contributed by atoms with Gasteiger partial charge < -0.3 is 9.47 Å². The molecule has 2 aromatic heterocycles. The van der Waals surface area contributed by atoms with Crippen molar-refractivity contribution in [2.24, 2.45) is 0 Å². The van der Waals surface area contributed by atoms with Crippen LogP contribution in [-0.4, -0.2) is 38.4 Å². The third-order valence-electron chi connectivity index (χ3n) is 4.55. The maximum atomic E-state index is 12.4. The van der Waals surface area contributed by atoms with Crippen LogP contribution in [0.3, 0.4) is 0 Å². The lowest BCUT2D eigenvalue weighted by Crippen LogP contribution is -2.13. The normalized spacial score (nSPS) is 10.9. The standard InChI is InChI=1S/C22H20N4O4S/c1-13-4-9-17(14(2)10-13)30-20(28)12-31-22-24-21(15-5-7-16(29-3)8-6-15)23-18-11-19(27)25-26(18)22/h4-11H,12H2,1-3H3,(H,25,27). The van der Waals surface area contributed by atoms with Gasteiger partial charge in [0, 0.05) is 11.6 Å². The molecule has 2 heterocycles. The number of aryl methyl sites for hydroxylation is 2. The SMILES string of the molecule is COc1ccc(-c2nc(SCC(=O)Oc3ccc(C)cc3C)n3[nH]c(=O)cc3n2)cc1. The predicted molar refractivity (Wildman–Crippen MR) is 118 cm³/mol. The summed E-state index contributed by atoms with van der Waals surface area (Å²) < 4.78 is 12.1. The van der Waals surface area contributed by atoms with Crippen molar-refractivity contribution in [3.05, 3.63) is 70.0 Å². The zero-order valence-electron chi connectivity index (χ0n) is 17.2. The molecule has 1 N–H and O–H groups in total. The van der Waals surface area contributed by atoms with Gasteiger partial charge in [0.25, 0.3) is 5.56 Å². The van der Waals surface area contributed by atoms with E-state index < -0.39 is 5.97 Å². The lowest BCUT2D eigenvalue weighted by Gasteiger charge is -2.09. The number of fused-ring (bicyclic) bond motifs is 1. The predicted octanol–water partition coefficient (Wildman–Crippen LogP) is 3.41. The number of aromatic nitrogens is 4. The number of esters is 1. The van der Waals surface area contributed by atoms with E-state index in [0.29, 0.717) is 28.1 Å². The Hall–Kier alpha value is -3.59. The number of carbonyl (C=O) groups is 1. The molecule has 8 nitrogen and oxygen atoms in total. The minimum atomic E-state index is -0.413. The van der Waals surface area contributed by atoms with Crippen molar-refractivity contribution in [2.45, 2.75) is 19.0 Å². The largest absolute Gasteiger partial charge is 0.497 e. The first-order valence-corrected chi connectivity index (χ1v) is 10.5. The molecular formula is C22H20N4O4S. The molecule has 0 aliphatic heterocycles. The number of H-pyrrole nitrogens is 1.